The van der Waals surface area contributed by atoms with E-state index in [2.05, 4.69) is 0 Å². The van der Waals surface area contributed by atoms with Crippen LogP contribution in [0.25, 0.3) is 0 Å². The fourth-order valence-electron chi connectivity index (χ4n) is 1.22. The Hall–Kier alpha value is -1.53. The highest BCUT2D eigenvalue weighted by molar-refractivity contribution is 5.50. The molecule has 0 unspecified atom stereocenters. The fraction of sp³-hybridized carbons (Fsp3) is 0.300. The maximum atomic E-state index is 8.49. The summed E-state index contributed by atoms with van der Waals surface area (Å²) in [6.45, 7) is 1.97. The molecule has 0 aliphatic rings. The number of benzene rings is 1. The normalized spacial score (nSPS) is 12.1. The minimum Gasteiger partial charge on any atom is -0.398 e. The zero-order valence-electron chi connectivity index (χ0n) is 7.62. The van der Waals surface area contributed by atoms with Crippen LogP contribution in [0.4, 0.5) is 5.69 Å². The number of aryl methyl sites for hydroxylation is 1. The summed E-state index contributed by atoms with van der Waals surface area (Å²) in [7, 11) is 0. The van der Waals surface area contributed by atoms with E-state index < -0.39 is 0 Å². The molecule has 68 valence electrons. The van der Waals surface area contributed by atoms with E-state index in [4.69, 9.17) is 16.7 Å². The second kappa shape index (κ2) is 3.92. The number of hydrogen-bond acceptors (Lipinski definition) is 3. The first kappa shape index (κ1) is 9.56. The van der Waals surface area contributed by atoms with Crippen LogP contribution in [-0.2, 0) is 0 Å². The predicted octanol–water partition coefficient (Wildman–Crippen LogP) is 1.49. The molecule has 0 spiro atoms. The lowest BCUT2D eigenvalue weighted by Crippen LogP contribution is -2.11. The largest absolute Gasteiger partial charge is 0.398 e. The Morgan fingerprint density at radius 1 is 1.54 bits per heavy atom. The van der Waals surface area contributed by atoms with E-state index in [9.17, 15) is 0 Å². The summed E-state index contributed by atoms with van der Waals surface area (Å²) in [4.78, 5) is 0. The van der Waals surface area contributed by atoms with Gasteiger partial charge in [0.2, 0.25) is 0 Å². The Morgan fingerprint density at radius 3 is 2.85 bits per heavy atom. The number of nitriles is 1. The van der Waals surface area contributed by atoms with E-state index in [1.807, 2.05) is 31.2 Å². The van der Waals surface area contributed by atoms with Gasteiger partial charge in [-0.1, -0.05) is 17.7 Å². The molecule has 0 radical (unpaired) electrons. The zero-order valence-corrected chi connectivity index (χ0v) is 7.62. The van der Waals surface area contributed by atoms with Crippen molar-refractivity contribution in [1.29, 1.82) is 5.26 Å². The number of nitrogens with zero attached hydrogens (tertiary/aromatic N) is 1. The number of anilines is 1. The van der Waals surface area contributed by atoms with Crippen molar-refractivity contribution in [3.8, 4) is 6.07 Å². The van der Waals surface area contributed by atoms with Crippen molar-refractivity contribution >= 4 is 5.69 Å². The molecule has 0 aromatic heterocycles. The lowest BCUT2D eigenvalue weighted by molar-refractivity contribution is 0.750. The molecule has 0 amide bonds. The van der Waals surface area contributed by atoms with Gasteiger partial charge in [-0.25, -0.2) is 0 Å². The molecular formula is C10H13N3. The minimum atomic E-state index is -0.273. The molecule has 0 heterocycles. The maximum Gasteiger partial charge on any atom is 0.0641 e. The van der Waals surface area contributed by atoms with E-state index in [-0.39, 0.29) is 6.04 Å². The van der Waals surface area contributed by atoms with Crippen LogP contribution in [0.3, 0.4) is 0 Å². The van der Waals surface area contributed by atoms with Gasteiger partial charge in [-0.15, -0.1) is 0 Å². The van der Waals surface area contributed by atoms with Crippen LogP contribution in [0, 0.1) is 18.3 Å². The highest BCUT2D eigenvalue weighted by Gasteiger charge is 2.08. The molecule has 0 aliphatic carbocycles. The molecule has 0 saturated carbocycles. The van der Waals surface area contributed by atoms with Crippen LogP contribution in [0.1, 0.15) is 23.6 Å². The van der Waals surface area contributed by atoms with Gasteiger partial charge in [-0.3, -0.25) is 0 Å². The number of nitrogens with two attached hydrogens (primary N) is 2. The van der Waals surface area contributed by atoms with E-state index in [0.717, 1.165) is 11.1 Å². The average Bonchev–Trinajstić information content (AvgIpc) is 2.09. The van der Waals surface area contributed by atoms with Crippen molar-refractivity contribution < 1.29 is 0 Å². The van der Waals surface area contributed by atoms with Crippen LogP contribution in [-0.4, -0.2) is 0 Å². The molecule has 1 rings (SSSR count). The van der Waals surface area contributed by atoms with E-state index in [1.165, 1.54) is 0 Å². The summed E-state index contributed by atoms with van der Waals surface area (Å²) >= 11 is 0. The summed E-state index contributed by atoms with van der Waals surface area (Å²) in [5, 5.41) is 8.49. The third-order valence-electron chi connectivity index (χ3n) is 1.95. The maximum absolute atomic E-state index is 8.49. The first-order valence-corrected chi connectivity index (χ1v) is 4.13. The van der Waals surface area contributed by atoms with E-state index >= 15 is 0 Å². The molecule has 3 nitrogen and oxygen atoms in total. The monoisotopic (exact) mass is 175 g/mol. The third-order valence-corrected chi connectivity index (χ3v) is 1.95. The third kappa shape index (κ3) is 2.20. The average molecular weight is 175 g/mol. The molecule has 1 aromatic rings. The van der Waals surface area contributed by atoms with Gasteiger partial charge in [0.25, 0.3) is 0 Å². The van der Waals surface area contributed by atoms with Crippen molar-refractivity contribution in [1.82, 2.24) is 0 Å². The van der Waals surface area contributed by atoms with E-state index in [1.54, 1.807) is 0 Å². The van der Waals surface area contributed by atoms with Crippen LogP contribution in [0.5, 0.6) is 0 Å². The van der Waals surface area contributed by atoms with Crippen molar-refractivity contribution in [2.24, 2.45) is 5.73 Å². The Bertz CT molecular complexity index is 339. The smallest absolute Gasteiger partial charge is 0.0641 e. The molecule has 4 N–H and O–H groups in total. The summed E-state index contributed by atoms with van der Waals surface area (Å²) in [6, 6.07) is 7.44. The minimum absolute atomic E-state index is 0.273. The predicted molar refractivity (Wildman–Crippen MR) is 52.7 cm³/mol. The second-order valence-electron chi connectivity index (χ2n) is 3.10. The summed E-state index contributed by atoms with van der Waals surface area (Å²) < 4.78 is 0. The van der Waals surface area contributed by atoms with Crippen LogP contribution in [0.15, 0.2) is 18.2 Å². The number of hydrogen-bond donors (Lipinski definition) is 2. The quantitative estimate of drug-likeness (QED) is 0.668. The van der Waals surface area contributed by atoms with Crippen LogP contribution in [0.2, 0.25) is 0 Å². The SMILES string of the molecule is Cc1ccc(N)c([C@@H](N)CC#N)c1. The summed E-state index contributed by atoms with van der Waals surface area (Å²) in [5.41, 5.74) is 14.1. The molecule has 0 aliphatic heterocycles. The van der Waals surface area contributed by atoms with Crippen molar-refractivity contribution in [3.63, 3.8) is 0 Å². The Morgan fingerprint density at radius 2 is 2.23 bits per heavy atom. The van der Waals surface area contributed by atoms with E-state index in [0.29, 0.717) is 12.1 Å². The first-order chi connectivity index (χ1) is 6.15. The summed E-state index contributed by atoms with van der Waals surface area (Å²) in [5.74, 6) is 0. The van der Waals surface area contributed by atoms with Gasteiger partial charge in [-0.05, 0) is 18.6 Å². The number of nitrogen functional groups attached to an aromatic ring is 1. The summed E-state index contributed by atoms with van der Waals surface area (Å²) in [6.07, 6.45) is 0.299. The fourth-order valence-corrected chi connectivity index (χ4v) is 1.22. The second-order valence-corrected chi connectivity index (χ2v) is 3.10. The molecule has 0 bridgehead atoms. The van der Waals surface area contributed by atoms with Gasteiger partial charge in [0, 0.05) is 11.7 Å². The van der Waals surface area contributed by atoms with Crippen molar-refractivity contribution in [2.75, 3.05) is 5.73 Å². The lowest BCUT2D eigenvalue weighted by Gasteiger charge is -2.11. The first-order valence-electron chi connectivity index (χ1n) is 4.13. The topological polar surface area (TPSA) is 75.8 Å². The number of rotatable bonds is 2. The molecular weight excluding hydrogens is 162 g/mol. The molecule has 13 heavy (non-hydrogen) atoms. The molecule has 0 saturated heterocycles. The van der Waals surface area contributed by atoms with Gasteiger partial charge < -0.3 is 11.5 Å². The Kier molecular flexibility index (Phi) is 2.88. The molecule has 1 aromatic carbocycles. The van der Waals surface area contributed by atoms with Crippen LogP contribution < -0.4 is 11.5 Å². The Balaban J connectivity index is 3.00. The van der Waals surface area contributed by atoms with Crippen molar-refractivity contribution in [3.05, 3.63) is 29.3 Å². The molecule has 0 fully saturated rings. The zero-order chi connectivity index (χ0) is 9.84. The lowest BCUT2D eigenvalue weighted by atomic mass is 10.0. The van der Waals surface area contributed by atoms with Gasteiger partial charge >= 0.3 is 0 Å². The van der Waals surface area contributed by atoms with Crippen molar-refractivity contribution in [2.45, 2.75) is 19.4 Å². The van der Waals surface area contributed by atoms with Gasteiger partial charge in [0.1, 0.15) is 0 Å². The standard InChI is InChI=1S/C10H13N3/c1-7-2-3-9(12)8(6-7)10(13)4-5-11/h2-3,6,10H,4,12-13H2,1H3/t10-/m0/s1. The Labute approximate surface area is 78.0 Å². The van der Waals surface area contributed by atoms with Gasteiger partial charge in [0.15, 0.2) is 0 Å². The molecule has 1 atom stereocenters. The van der Waals surface area contributed by atoms with Gasteiger partial charge in [0.05, 0.1) is 12.5 Å². The highest BCUT2D eigenvalue weighted by Crippen LogP contribution is 2.21. The molecule has 3 heteroatoms. The highest BCUT2D eigenvalue weighted by atomic mass is 14.7. The van der Waals surface area contributed by atoms with Gasteiger partial charge in [-0.2, -0.15) is 5.26 Å². The van der Waals surface area contributed by atoms with Crippen LogP contribution >= 0.6 is 0 Å².